The molecule has 3 rings (SSSR count). The Morgan fingerprint density at radius 1 is 1.10 bits per heavy atom. The Balaban J connectivity index is 0.000000614. The van der Waals surface area contributed by atoms with Gasteiger partial charge in [-0.2, -0.15) is 5.10 Å². The molecule has 7 heteroatoms. The summed E-state index contributed by atoms with van der Waals surface area (Å²) in [5.74, 6) is 1.69. The van der Waals surface area contributed by atoms with Crippen molar-refractivity contribution in [1.82, 2.24) is 14.7 Å². The molecule has 1 aromatic heterocycles. The Morgan fingerprint density at radius 2 is 1.77 bits per heavy atom. The molecule has 0 bridgehead atoms. The fourth-order valence-electron chi connectivity index (χ4n) is 3.04. The van der Waals surface area contributed by atoms with Crippen LogP contribution in [0.2, 0.25) is 5.15 Å². The van der Waals surface area contributed by atoms with Gasteiger partial charge in [0.25, 0.3) is 0 Å². The van der Waals surface area contributed by atoms with E-state index in [1.165, 1.54) is 4.90 Å². The van der Waals surface area contributed by atoms with Crippen molar-refractivity contribution in [2.24, 2.45) is 7.05 Å². The average molecular weight is 444 g/mol. The van der Waals surface area contributed by atoms with Gasteiger partial charge in [0.1, 0.15) is 23.3 Å². The second kappa shape index (κ2) is 10.9. The van der Waals surface area contributed by atoms with Crippen molar-refractivity contribution >= 4 is 18.0 Å². The highest BCUT2D eigenvalue weighted by Gasteiger charge is 2.14. The topological polar surface area (TPSA) is 56.6 Å². The molecule has 0 aliphatic rings. The third kappa shape index (κ3) is 6.01. The van der Waals surface area contributed by atoms with Crippen molar-refractivity contribution in [1.29, 1.82) is 0 Å². The van der Waals surface area contributed by atoms with Crippen LogP contribution in [0.1, 0.15) is 22.3 Å². The minimum absolute atomic E-state index is 0.463. The summed E-state index contributed by atoms with van der Waals surface area (Å²) in [5, 5.41) is 5.16. The van der Waals surface area contributed by atoms with Gasteiger partial charge in [0.15, 0.2) is 0 Å². The number of hydrogen-bond acceptors (Lipinski definition) is 4. The lowest BCUT2D eigenvalue weighted by Crippen LogP contribution is -2.06. The maximum absolute atomic E-state index is 9.43. The van der Waals surface area contributed by atoms with E-state index in [1.54, 1.807) is 25.9 Å². The molecule has 0 saturated carbocycles. The van der Waals surface area contributed by atoms with E-state index >= 15 is 0 Å². The first kappa shape index (κ1) is 24.3. The summed E-state index contributed by atoms with van der Waals surface area (Å²) in [4.78, 5) is 10.9. The lowest BCUT2D eigenvalue weighted by Gasteiger charge is -2.14. The third-order valence-corrected chi connectivity index (χ3v) is 5.35. The SMILES string of the molecule is CN(C)C=O.COc1cccc(C)c1COc1ccc(-c2nn(C)c(Cl)c2C)cc1C. The summed E-state index contributed by atoms with van der Waals surface area (Å²) in [7, 11) is 6.90. The van der Waals surface area contributed by atoms with Gasteiger partial charge < -0.3 is 14.4 Å². The third-order valence-electron chi connectivity index (χ3n) is 4.82. The zero-order valence-electron chi connectivity index (χ0n) is 19.2. The fraction of sp³-hybridized carbons (Fsp3) is 0.333. The van der Waals surface area contributed by atoms with Crippen LogP contribution in [0.5, 0.6) is 11.5 Å². The van der Waals surface area contributed by atoms with Crippen LogP contribution >= 0.6 is 11.6 Å². The van der Waals surface area contributed by atoms with Gasteiger partial charge in [-0.15, -0.1) is 0 Å². The van der Waals surface area contributed by atoms with E-state index in [9.17, 15) is 4.79 Å². The van der Waals surface area contributed by atoms with Gasteiger partial charge in [0, 0.05) is 37.8 Å². The highest BCUT2D eigenvalue weighted by atomic mass is 35.5. The molecule has 166 valence electrons. The number of benzene rings is 2. The minimum atomic E-state index is 0.463. The number of nitrogens with zero attached hydrogens (tertiary/aromatic N) is 3. The van der Waals surface area contributed by atoms with E-state index in [0.29, 0.717) is 11.8 Å². The van der Waals surface area contributed by atoms with E-state index in [-0.39, 0.29) is 0 Å². The Morgan fingerprint density at radius 3 is 2.29 bits per heavy atom. The van der Waals surface area contributed by atoms with Crippen LogP contribution in [0.15, 0.2) is 36.4 Å². The molecule has 0 spiro atoms. The van der Waals surface area contributed by atoms with Crippen molar-refractivity contribution in [2.45, 2.75) is 27.4 Å². The first-order chi connectivity index (χ1) is 14.7. The van der Waals surface area contributed by atoms with Crippen LogP contribution in [0.25, 0.3) is 11.3 Å². The maximum atomic E-state index is 9.43. The van der Waals surface area contributed by atoms with Crippen LogP contribution in [-0.4, -0.2) is 42.3 Å². The van der Waals surface area contributed by atoms with E-state index in [0.717, 1.165) is 51.4 Å². The van der Waals surface area contributed by atoms with Crippen LogP contribution in [0.4, 0.5) is 0 Å². The predicted molar refractivity (Wildman–Crippen MR) is 125 cm³/mol. The van der Waals surface area contributed by atoms with Crippen molar-refractivity contribution < 1.29 is 14.3 Å². The van der Waals surface area contributed by atoms with E-state index in [1.807, 2.05) is 45.2 Å². The smallest absolute Gasteiger partial charge is 0.209 e. The number of hydrogen-bond donors (Lipinski definition) is 0. The average Bonchev–Trinajstić information content (AvgIpc) is 3.01. The zero-order chi connectivity index (χ0) is 23.1. The molecule has 1 amide bonds. The number of rotatable bonds is 6. The molecule has 3 aromatic rings. The molecule has 0 saturated heterocycles. The van der Waals surface area contributed by atoms with Crippen LogP contribution in [0, 0.1) is 20.8 Å². The van der Waals surface area contributed by atoms with Crippen LogP contribution in [0.3, 0.4) is 0 Å². The summed E-state index contributed by atoms with van der Waals surface area (Å²) in [6.07, 6.45) is 0.750. The number of carbonyl (C=O) groups is 1. The number of halogens is 1. The molecule has 0 aliphatic carbocycles. The van der Waals surface area contributed by atoms with E-state index < -0.39 is 0 Å². The summed E-state index contributed by atoms with van der Waals surface area (Å²) < 4.78 is 13.2. The summed E-state index contributed by atoms with van der Waals surface area (Å²) >= 11 is 6.24. The predicted octanol–water partition coefficient (Wildman–Crippen LogP) is 4.96. The largest absolute Gasteiger partial charge is 0.496 e. The molecule has 0 unspecified atom stereocenters. The lowest BCUT2D eigenvalue weighted by atomic mass is 10.1. The molecule has 0 aliphatic heterocycles. The number of methoxy groups -OCH3 is 1. The number of carbonyl (C=O) groups excluding carboxylic acids is 1. The molecule has 6 nitrogen and oxygen atoms in total. The number of ether oxygens (including phenoxy) is 2. The summed E-state index contributed by atoms with van der Waals surface area (Å²) in [6, 6.07) is 12.1. The van der Waals surface area contributed by atoms with Gasteiger partial charge in [-0.3, -0.25) is 9.48 Å². The molecule has 1 heterocycles. The van der Waals surface area contributed by atoms with Crippen LogP contribution < -0.4 is 9.47 Å². The van der Waals surface area contributed by atoms with E-state index in [2.05, 4.69) is 24.2 Å². The van der Waals surface area contributed by atoms with Crippen molar-refractivity contribution in [3.63, 3.8) is 0 Å². The Hall–Kier alpha value is -2.99. The molecule has 0 radical (unpaired) electrons. The zero-order valence-corrected chi connectivity index (χ0v) is 19.9. The van der Waals surface area contributed by atoms with Crippen molar-refractivity contribution in [3.8, 4) is 22.8 Å². The Kier molecular flexibility index (Phi) is 8.51. The first-order valence-corrected chi connectivity index (χ1v) is 10.2. The van der Waals surface area contributed by atoms with E-state index in [4.69, 9.17) is 21.1 Å². The minimum Gasteiger partial charge on any atom is -0.496 e. The van der Waals surface area contributed by atoms with Crippen molar-refractivity contribution in [3.05, 3.63) is 63.8 Å². The maximum Gasteiger partial charge on any atom is 0.209 e. The van der Waals surface area contributed by atoms with Gasteiger partial charge in [-0.1, -0.05) is 23.7 Å². The molecular weight excluding hydrogens is 414 g/mol. The fourth-order valence-corrected chi connectivity index (χ4v) is 3.17. The van der Waals surface area contributed by atoms with Crippen LogP contribution in [-0.2, 0) is 18.4 Å². The number of aromatic nitrogens is 2. The lowest BCUT2D eigenvalue weighted by molar-refractivity contribution is -0.115. The number of amides is 1. The second-order valence-corrected chi connectivity index (χ2v) is 7.84. The monoisotopic (exact) mass is 443 g/mol. The Bertz CT molecular complexity index is 1040. The van der Waals surface area contributed by atoms with Gasteiger partial charge in [-0.25, -0.2) is 0 Å². The first-order valence-electron chi connectivity index (χ1n) is 9.86. The van der Waals surface area contributed by atoms with Crippen molar-refractivity contribution in [2.75, 3.05) is 21.2 Å². The normalized spacial score (nSPS) is 10.2. The summed E-state index contributed by atoms with van der Waals surface area (Å²) in [5.41, 5.74) is 6.17. The number of aryl methyl sites for hydroxylation is 3. The molecule has 0 fully saturated rings. The standard InChI is InChI=1S/C21H23ClN2O2.C3H7NO/c1-13-7-6-8-19(25-5)17(13)12-26-18-10-9-16(11-14(18)2)20-15(3)21(22)24(4)23-20;1-4(2)3-5/h6-11H,12H2,1-5H3;3H,1-2H3. The molecule has 2 aromatic carbocycles. The van der Waals surface area contributed by atoms with Gasteiger partial charge in [0.2, 0.25) is 6.41 Å². The quantitative estimate of drug-likeness (QED) is 0.505. The Labute approximate surface area is 189 Å². The van der Waals surface area contributed by atoms with Gasteiger partial charge >= 0.3 is 0 Å². The summed E-state index contributed by atoms with van der Waals surface area (Å²) in [6.45, 7) is 6.54. The highest BCUT2D eigenvalue weighted by Crippen LogP contribution is 2.31. The van der Waals surface area contributed by atoms with Gasteiger partial charge in [0.05, 0.1) is 12.8 Å². The second-order valence-electron chi connectivity index (χ2n) is 7.48. The molecule has 31 heavy (non-hydrogen) atoms. The molecular formula is C24H30ClN3O3. The molecule has 0 N–H and O–H groups in total. The molecule has 0 atom stereocenters. The van der Waals surface area contributed by atoms with Gasteiger partial charge in [-0.05, 0) is 56.2 Å². The highest BCUT2D eigenvalue weighted by molar-refractivity contribution is 6.30.